The molecule has 0 unspecified atom stereocenters. The van der Waals surface area contributed by atoms with E-state index in [1.807, 2.05) is 13.8 Å². The summed E-state index contributed by atoms with van der Waals surface area (Å²) >= 11 is 0. The first-order chi connectivity index (χ1) is 8.26. The normalized spacial score (nSPS) is 11.4. The molecule has 6 heteroatoms. The molecule has 1 aromatic heterocycles. The number of carbonyl (C=O) groups is 1. The second kappa shape index (κ2) is 5.30. The van der Waals surface area contributed by atoms with Crippen molar-refractivity contribution in [2.75, 3.05) is 13.2 Å². The number of aryl methyl sites for hydroxylation is 2. The van der Waals surface area contributed by atoms with E-state index in [1.54, 1.807) is 13.8 Å². The Morgan fingerprint density at radius 2 is 2.06 bits per heavy atom. The molecule has 3 N–H and O–H groups in total. The number of aliphatic hydroxyl groups excluding tert-OH is 1. The molecule has 0 saturated heterocycles. The minimum absolute atomic E-state index is 0.0516. The number of nitrogens with zero attached hydrogens (tertiary/aromatic N) is 1. The molecular weight excluding hydrogens is 234 g/mol. The number of rotatable bonds is 4. The molecule has 0 aliphatic heterocycles. The van der Waals surface area contributed by atoms with E-state index in [4.69, 9.17) is 5.11 Å². The summed E-state index contributed by atoms with van der Waals surface area (Å²) in [6, 6.07) is 0. The Kier molecular flexibility index (Phi) is 4.24. The number of nitrogens with one attached hydrogen (secondary N) is 2. The highest BCUT2D eigenvalue weighted by molar-refractivity contribution is 5.91. The second-order valence-electron chi connectivity index (χ2n) is 5.13. The summed E-state index contributed by atoms with van der Waals surface area (Å²) in [5.74, 6) is -0.527. The lowest BCUT2D eigenvalue weighted by atomic mass is 9.95. The predicted molar refractivity (Wildman–Crippen MR) is 67.5 cm³/mol. The highest BCUT2D eigenvalue weighted by Crippen LogP contribution is 2.11. The fraction of sp³-hybridized carbons (Fsp3) is 0.583. The Bertz CT molecular complexity index is 506. The van der Waals surface area contributed by atoms with Crippen LogP contribution in [0.2, 0.25) is 0 Å². The van der Waals surface area contributed by atoms with Crippen molar-refractivity contribution in [1.82, 2.24) is 15.3 Å². The number of hydrogen-bond donors (Lipinski definition) is 3. The molecule has 0 aromatic carbocycles. The summed E-state index contributed by atoms with van der Waals surface area (Å²) in [5, 5.41) is 11.7. The molecule has 1 rings (SSSR count). The number of aromatic amines is 1. The van der Waals surface area contributed by atoms with Gasteiger partial charge in [0.2, 0.25) is 0 Å². The van der Waals surface area contributed by atoms with E-state index in [0.29, 0.717) is 11.4 Å². The third kappa shape index (κ3) is 3.40. The zero-order chi connectivity index (χ0) is 13.9. The molecule has 0 fully saturated rings. The maximum atomic E-state index is 11.8. The molecule has 18 heavy (non-hydrogen) atoms. The summed E-state index contributed by atoms with van der Waals surface area (Å²) < 4.78 is 0. The maximum absolute atomic E-state index is 11.8. The standard InChI is InChI=1S/C12H19N3O3/c1-7-8(2)15-11(18)9(14-7)10(17)13-5-12(3,4)6-16/h16H,5-6H2,1-4H3,(H,13,17)(H,15,18). The van der Waals surface area contributed by atoms with Gasteiger partial charge in [-0.15, -0.1) is 0 Å². The number of H-pyrrole nitrogens is 1. The number of amides is 1. The SMILES string of the molecule is Cc1nc(C(=O)NCC(C)(C)CO)c(=O)[nH]c1C. The molecule has 1 amide bonds. The zero-order valence-corrected chi connectivity index (χ0v) is 11.1. The van der Waals surface area contributed by atoms with Crippen LogP contribution in [-0.2, 0) is 0 Å². The van der Waals surface area contributed by atoms with E-state index in [9.17, 15) is 9.59 Å². The van der Waals surface area contributed by atoms with E-state index >= 15 is 0 Å². The van der Waals surface area contributed by atoms with Crippen molar-refractivity contribution in [2.24, 2.45) is 5.41 Å². The fourth-order valence-electron chi connectivity index (χ4n) is 1.24. The molecular formula is C12H19N3O3. The van der Waals surface area contributed by atoms with Crippen LogP contribution in [-0.4, -0.2) is 34.1 Å². The molecule has 0 aliphatic carbocycles. The van der Waals surface area contributed by atoms with Crippen LogP contribution in [0.3, 0.4) is 0 Å². The smallest absolute Gasteiger partial charge is 0.279 e. The van der Waals surface area contributed by atoms with E-state index in [1.165, 1.54) is 0 Å². The molecule has 6 nitrogen and oxygen atoms in total. The molecule has 0 aliphatic rings. The highest BCUT2D eigenvalue weighted by Gasteiger charge is 2.20. The predicted octanol–water partition coefficient (Wildman–Crippen LogP) is 0.135. The van der Waals surface area contributed by atoms with Gasteiger partial charge >= 0.3 is 0 Å². The summed E-state index contributed by atoms with van der Waals surface area (Å²) in [4.78, 5) is 30.0. The van der Waals surface area contributed by atoms with E-state index in [-0.39, 0.29) is 18.8 Å². The van der Waals surface area contributed by atoms with Gasteiger partial charge in [-0.2, -0.15) is 0 Å². The zero-order valence-electron chi connectivity index (χ0n) is 11.1. The quantitative estimate of drug-likeness (QED) is 0.711. The first-order valence-corrected chi connectivity index (χ1v) is 5.73. The van der Waals surface area contributed by atoms with Crippen LogP contribution in [0.1, 0.15) is 35.7 Å². The van der Waals surface area contributed by atoms with Crippen molar-refractivity contribution in [3.05, 3.63) is 27.4 Å². The third-order valence-electron chi connectivity index (χ3n) is 2.71. The summed E-state index contributed by atoms with van der Waals surface area (Å²) in [6.45, 7) is 7.29. The Labute approximate surface area is 105 Å². The number of aromatic nitrogens is 2. The van der Waals surface area contributed by atoms with Gasteiger partial charge in [0.1, 0.15) is 0 Å². The first kappa shape index (κ1) is 14.4. The maximum Gasteiger partial charge on any atom is 0.279 e. The molecule has 0 radical (unpaired) electrons. The number of aliphatic hydroxyl groups is 1. The monoisotopic (exact) mass is 253 g/mol. The lowest BCUT2D eigenvalue weighted by Crippen LogP contribution is -2.39. The van der Waals surface area contributed by atoms with Crippen molar-refractivity contribution in [3.8, 4) is 0 Å². The van der Waals surface area contributed by atoms with Gasteiger partial charge in [-0.3, -0.25) is 9.59 Å². The van der Waals surface area contributed by atoms with Gasteiger partial charge in [0.25, 0.3) is 11.5 Å². The molecule has 0 atom stereocenters. The molecule has 0 saturated carbocycles. The number of hydrogen-bond acceptors (Lipinski definition) is 4. The van der Waals surface area contributed by atoms with Crippen molar-refractivity contribution < 1.29 is 9.90 Å². The van der Waals surface area contributed by atoms with Crippen molar-refractivity contribution in [3.63, 3.8) is 0 Å². The van der Waals surface area contributed by atoms with Gasteiger partial charge in [0.05, 0.1) is 5.69 Å². The van der Waals surface area contributed by atoms with Crippen molar-refractivity contribution >= 4 is 5.91 Å². The van der Waals surface area contributed by atoms with Crippen LogP contribution < -0.4 is 10.9 Å². The van der Waals surface area contributed by atoms with Gasteiger partial charge in [0, 0.05) is 24.3 Å². The topological polar surface area (TPSA) is 95.1 Å². The summed E-state index contributed by atoms with van der Waals surface area (Å²) in [5.41, 5.74) is 0.181. The summed E-state index contributed by atoms with van der Waals surface area (Å²) in [6.07, 6.45) is 0. The Morgan fingerprint density at radius 1 is 1.44 bits per heavy atom. The van der Waals surface area contributed by atoms with Crippen molar-refractivity contribution in [1.29, 1.82) is 0 Å². The minimum atomic E-state index is -0.527. The van der Waals surface area contributed by atoms with Crippen LogP contribution in [0.5, 0.6) is 0 Å². The van der Waals surface area contributed by atoms with Crippen LogP contribution in [0.15, 0.2) is 4.79 Å². The van der Waals surface area contributed by atoms with Gasteiger partial charge in [0.15, 0.2) is 5.69 Å². The molecule has 1 aromatic rings. The van der Waals surface area contributed by atoms with Crippen LogP contribution in [0.25, 0.3) is 0 Å². The van der Waals surface area contributed by atoms with E-state index in [2.05, 4.69) is 15.3 Å². The van der Waals surface area contributed by atoms with Crippen LogP contribution in [0.4, 0.5) is 0 Å². The molecule has 0 bridgehead atoms. The van der Waals surface area contributed by atoms with Gasteiger partial charge in [-0.05, 0) is 13.8 Å². The Balaban J connectivity index is 2.86. The average Bonchev–Trinajstić information content (AvgIpc) is 2.31. The van der Waals surface area contributed by atoms with Gasteiger partial charge < -0.3 is 15.4 Å². The van der Waals surface area contributed by atoms with Crippen molar-refractivity contribution in [2.45, 2.75) is 27.7 Å². The van der Waals surface area contributed by atoms with Gasteiger partial charge in [-0.1, -0.05) is 13.8 Å². The first-order valence-electron chi connectivity index (χ1n) is 5.73. The minimum Gasteiger partial charge on any atom is -0.396 e. The second-order valence-corrected chi connectivity index (χ2v) is 5.13. The Hall–Kier alpha value is -1.69. The Morgan fingerprint density at radius 3 is 2.61 bits per heavy atom. The highest BCUT2D eigenvalue weighted by atomic mass is 16.3. The van der Waals surface area contributed by atoms with E-state index in [0.717, 1.165) is 0 Å². The van der Waals surface area contributed by atoms with Crippen LogP contribution in [0, 0.1) is 19.3 Å². The largest absolute Gasteiger partial charge is 0.396 e. The third-order valence-corrected chi connectivity index (χ3v) is 2.71. The average molecular weight is 253 g/mol. The van der Waals surface area contributed by atoms with Crippen LogP contribution >= 0.6 is 0 Å². The fourth-order valence-corrected chi connectivity index (χ4v) is 1.24. The molecule has 100 valence electrons. The van der Waals surface area contributed by atoms with Gasteiger partial charge in [-0.25, -0.2) is 4.98 Å². The van der Waals surface area contributed by atoms with E-state index < -0.39 is 16.9 Å². The lowest BCUT2D eigenvalue weighted by Gasteiger charge is -2.21. The molecule has 1 heterocycles. The molecule has 0 spiro atoms. The lowest BCUT2D eigenvalue weighted by molar-refractivity contribution is 0.0904. The summed E-state index contributed by atoms with van der Waals surface area (Å²) in [7, 11) is 0. The number of carbonyl (C=O) groups excluding carboxylic acids is 1.